The lowest BCUT2D eigenvalue weighted by Gasteiger charge is -2.25. The van der Waals surface area contributed by atoms with E-state index in [-0.39, 0.29) is 12.5 Å². The number of carboxylic acids is 1. The molecule has 0 saturated heterocycles. The Hall–Kier alpha value is -3.31. The second kappa shape index (κ2) is 8.20. The summed E-state index contributed by atoms with van der Waals surface area (Å²) in [5, 5.41) is 10.1. The Morgan fingerprint density at radius 1 is 1.00 bits per heavy atom. The summed E-state index contributed by atoms with van der Waals surface area (Å²) in [6.45, 7) is 0.124. The van der Waals surface area contributed by atoms with E-state index in [4.69, 9.17) is 16.3 Å². The summed E-state index contributed by atoms with van der Waals surface area (Å²) in [5.41, 5.74) is 4.86. The summed E-state index contributed by atoms with van der Waals surface area (Å²) >= 11 is 5.99. The van der Waals surface area contributed by atoms with Crippen molar-refractivity contribution in [3.8, 4) is 11.1 Å². The standard InChI is InChI=1S/C24H20ClNO4/c1-26(22(23(27)28)15-7-6-8-16(25)13-15)24(29)30-14-21-19-11-4-2-9-17(19)18-10-3-5-12-20(18)21/h2-13,21-22H,14H2,1H3,(H,27,28). The Morgan fingerprint density at radius 2 is 1.60 bits per heavy atom. The van der Waals surface area contributed by atoms with Crippen molar-refractivity contribution in [2.75, 3.05) is 13.7 Å². The molecule has 1 amide bonds. The Labute approximate surface area is 179 Å². The van der Waals surface area contributed by atoms with Crippen LogP contribution < -0.4 is 0 Å². The molecule has 3 aromatic rings. The number of hydrogen-bond donors (Lipinski definition) is 1. The van der Waals surface area contributed by atoms with Crippen LogP contribution in [0.15, 0.2) is 72.8 Å². The van der Waals surface area contributed by atoms with Crippen LogP contribution in [0.4, 0.5) is 4.79 Å². The van der Waals surface area contributed by atoms with Crippen LogP contribution >= 0.6 is 11.6 Å². The topological polar surface area (TPSA) is 66.8 Å². The third kappa shape index (κ3) is 3.64. The number of ether oxygens (including phenoxy) is 1. The number of hydrogen-bond acceptors (Lipinski definition) is 3. The number of aliphatic carboxylic acids is 1. The Kier molecular flexibility index (Phi) is 5.46. The van der Waals surface area contributed by atoms with Gasteiger partial charge in [-0.25, -0.2) is 9.59 Å². The Morgan fingerprint density at radius 3 is 2.17 bits per heavy atom. The fourth-order valence-electron chi connectivity index (χ4n) is 4.01. The number of carboxylic acid groups (broad SMARTS) is 1. The van der Waals surface area contributed by atoms with Gasteiger partial charge in [0, 0.05) is 18.0 Å². The molecule has 0 fully saturated rings. The van der Waals surface area contributed by atoms with Crippen LogP contribution in [0.2, 0.25) is 5.02 Å². The molecule has 0 saturated carbocycles. The fourth-order valence-corrected chi connectivity index (χ4v) is 4.21. The molecule has 0 heterocycles. The molecule has 0 aliphatic heterocycles. The highest BCUT2D eigenvalue weighted by molar-refractivity contribution is 6.30. The molecule has 152 valence electrons. The summed E-state index contributed by atoms with van der Waals surface area (Å²) in [5.74, 6) is -1.25. The van der Waals surface area contributed by atoms with Gasteiger partial charge >= 0.3 is 12.1 Å². The average Bonchev–Trinajstić information content (AvgIpc) is 3.06. The zero-order valence-electron chi connectivity index (χ0n) is 16.3. The van der Waals surface area contributed by atoms with E-state index in [9.17, 15) is 14.7 Å². The van der Waals surface area contributed by atoms with Crippen molar-refractivity contribution in [3.63, 3.8) is 0 Å². The van der Waals surface area contributed by atoms with Gasteiger partial charge in [0.15, 0.2) is 6.04 Å². The third-order valence-electron chi connectivity index (χ3n) is 5.41. The molecule has 5 nitrogen and oxygen atoms in total. The lowest BCUT2D eigenvalue weighted by molar-refractivity contribution is -0.142. The van der Waals surface area contributed by atoms with Gasteiger partial charge in [0.05, 0.1) is 0 Å². The first-order chi connectivity index (χ1) is 14.5. The second-order valence-corrected chi connectivity index (χ2v) is 7.65. The molecular weight excluding hydrogens is 402 g/mol. The van der Waals surface area contributed by atoms with Gasteiger partial charge in [-0.2, -0.15) is 0 Å². The fraction of sp³-hybridized carbons (Fsp3) is 0.167. The zero-order chi connectivity index (χ0) is 21.3. The molecule has 1 aliphatic rings. The first-order valence-corrected chi connectivity index (χ1v) is 9.91. The van der Waals surface area contributed by atoms with Crippen LogP contribution in [0.3, 0.4) is 0 Å². The maximum Gasteiger partial charge on any atom is 0.410 e. The van der Waals surface area contributed by atoms with Gasteiger partial charge in [-0.1, -0.05) is 72.3 Å². The molecule has 3 aromatic carbocycles. The van der Waals surface area contributed by atoms with Crippen LogP contribution in [-0.2, 0) is 9.53 Å². The monoisotopic (exact) mass is 421 g/mol. The maximum atomic E-state index is 12.7. The molecule has 4 rings (SSSR count). The summed E-state index contributed by atoms with van der Waals surface area (Å²) in [6, 6.07) is 21.3. The first-order valence-electron chi connectivity index (χ1n) is 9.53. The molecule has 0 radical (unpaired) electrons. The maximum absolute atomic E-state index is 12.7. The van der Waals surface area contributed by atoms with E-state index in [1.54, 1.807) is 18.2 Å². The third-order valence-corrected chi connectivity index (χ3v) is 5.64. The van der Waals surface area contributed by atoms with Crippen molar-refractivity contribution in [3.05, 3.63) is 94.5 Å². The lowest BCUT2D eigenvalue weighted by Crippen LogP contribution is -2.36. The number of rotatable bonds is 5. The highest BCUT2D eigenvalue weighted by Gasteiger charge is 2.32. The molecule has 1 atom stereocenters. The molecular formula is C24H20ClNO4. The number of benzene rings is 3. The van der Waals surface area contributed by atoms with Gasteiger partial charge in [-0.3, -0.25) is 4.90 Å². The van der Waals surface area contributed by atoms with E-state index >= 15 is 0 Å². The number of amides is 1. The van der Waals surface area contributed by atoms with Gasteiger partial charge in [0.2, 0.25) is 0 Å². The highest BCUT2D eigenvalue weighted by atomic mass is 35.5. The molecule has 6 heteroatoms. The van der Waals surface area contributed by atoms with Gasteiger partial charge in [0.25, 0.3) is 0 Å². The van der Waals surface area contributed by atoms with Crippen molar-refractivity contribution < 1.29 is 19.4 Å². The molecule has 1 unspecified atom stereocenters. The van der Waals surface area contributed by atoms with E-state index < -0.39 is 18.1 Å². The summed E-state index contributed by atoms with van der Waals surface area (Å²) < 4.78 is 5.57. The van der Waals surface area contributed by atoms with E-state index in [2.05, 4.69) is 12.1 Å². The van der Waals surface area contributed by atoms with Crippen LogP contribution in [0.1, 0.15) is 28.7 Å². The van der Waals surface area contributed by atoms with E-state index in [1.807, 2.05) is 36.4 Å². The minimum atomic E-state index is -1.20. The summed E-state index contributed by atoms with van der Waals surface area (Å²) in [4.78, 5) is 25.7. The SMILES string of the molecule is CN(C(=O)OCC1c2ccccc2-c2ccccc21)C(C(=O)O)c1cccc(Cl)c1. The van der Waals surface area contributed by atoms with Gasteiger partial charge in [0.1, 0.15) is 6.61 Å². The van der Waals surface area contributed by atoms with Crippen LogP contribution in [0, 0.1) is 0 Å². The second-order valence-electron chi connectivity index (χ2n) is 7.21. The number of fused-ring (bicyclic) bond motifs is 3. The minimum absolute atomic E-state index is 0.0933. The first kappa shape index (κ1) is 20.0. The van der Waals surface area contributed by atoms with E-state index in [0.29, 0.717) is 10.6 Å². The van der Waals surface area contributed by atoms with Crippen LogP contribution in [0.25, 0.3) is 11.1 Å². The smallest absolute Gasteiger partial charge is 0.410 e. The number of likely N-dealkylation sites (N-methyl/N-ethyl adjacent to an activating group) is 1. The lowest BCUT2D eigenvalue weighted by atomic mass is 9.98. The van der Waals surface area contributed by atoms with Gasteiger partial charge < -0.3 is 9.84 Å². The van der Waals surface area contributed by atoms with Gasteiger partial charge in [-0.15, -0.1) is 0 Å². The van der Waals surface area contributed by atoms with Crippen LogP contribution in [0.5, 0.6) is 0 Å². The predicted molar refractivity (Wildman–Crippen MR) is 115 cm³/mol. The molecule has 0 spiro atoms. The molecule has 0 aromatic heterocycles. The number of nitrogens with zero attached hydrogens (tertiary/aromatic N) is 1. The average molecular weight is 422 g/mol. The van der Waals surface area contributed by atoms with Gasteiger partial charge in [-0.05, 0) is 39.9 Å². The quantitative estimate of drug-likeness (QED) is 0.603. The molecule has 1 N–H and O–H groups in total. The predicted octanol–water partition coefficient (Wildman–Crippen LogP) is 5.35. The summed E-state index contributed by atoms with van der Waals surface area (Å²) in [7, 11) is 1.42. The van der Waals surface area contributed by atoms with Crippen molar-refractivity contribution in [2.45, 2.75) is 12.0 Å². The van der Waals surface area contributed by atoms with Crippen molar-refractivity contribution in [1.82, 2.24) is 4.90 Å². The number of carbonyl (C=O) groups excluding carboxylic acids is 1. The zero-order valence-corrected chi connectivity index (χ0v) is 17.0. The normalized spacial score (nSPS) is 13.3. The molecule has 30 heavy (non-hydrogen) atoms. The van der Waals surface area contributed by atoms with Crippen LogP contribution in [-0.4, -0.2) is 35.7 Å². The van der Waals surface area contributed by atoms with E-state index in [1.165, 1.54) is 13.1 Å². The van der Waals surface area contributed by atoms with Crippen molar-refractivity contribution in [2.24, 2.45) is 0 Å². The molecule has 0 bridgehead atoms. The largest absolute Gasteiger partial charge is 0.479 e. The Bertz CT molecular complexity index is 1070. The number of halogens is 1. The highest BCUT2D eigenvalue weighted by Crippen LogP contribution is 2.44. The van der Waals surface area contributed by atoms with Crippen molar-refractivity contribution >= 4 is 23.7 Å². The molecule has 1 aliphatic carbocycles. The Balaban J connectivity index is 1.54. The minimum Gasteiger partial charge on any atom is -0.479 e. The van der Waals surface area contributed by atoms with Crippen molar-refractivity contribution in [1.29, 1.82) is 0 Å². The number of carbonyl (C=O) groups is 2. The summed E-state index contributed by atoms with van der Waals surface area (Å²) in [6.07, 6.45) is -0.704. The van der Waals surface area contributed by atoms with E-state index in [0.717, 1.165) is 27.2 Å².